The minimum atomic E-state index is -0.956. The van der Waals surface area contributed by atoms with Crippen LogP contribution in [0.2, 0.25) is 0 Å². The van der Waals surface area contributed by atoms with Crippen LogP contribution in [0.25, 0.3) is 5.69 Å². The molecular formula is C27H24N4O2S. The van der Waals surface area contributed by atoms with Gasteiger partial charge in [-0.2, -0.15) is 0 Å². The number of thiocarbonyl (C=S) groups is 1. The number of carboxylic acid groups (broad SMARTS) is 1. The molecule has 0 unspecified atom stereocenters. The first-order valence-electron chi connectivity index (χ1n) is 11.0. The standard InChI is InChI=1S/C27H24N4O2S/c1-17-13-18(2)15-21(14-17)31-25(24(29-27(31)34)22-9-3-4-11-28-22)23-10-6-12-30(23)20-8-5-7-19(16-20)26(32)33/h3-16,24-25H,1-2H3,(H,29,34)(H,32,33)/t24-,25+/m0/s1. The van der Waals surface area contributed by atoms with E-state index >= 15 is 0 Å². The molecule has 34 heavy (non-hydrogen) atoms. The second-order valence-electron chi connectivity index (χ2n) is 8.50. The van der Waals surface area contributed by atoms with E-state index in [1.54, 1.807) is 24.4 Å². The molecule has 3 heterocycles. The maximum absolute atomic E-state index is 11.6. The number of aromatic nitrogens is 2. The Bertz CT molecular complexity index is 1360. The van der Waals surface area contributed by atoms with Gasteiger partial charge < -0.3 is 19.9 Å². The Labute approximate surface area is 203 Å². The molecule has 1 aliphatic heterocycles. The van der Waals surface area contributed by atoms with Gasteiger partial charge in [-0.25, -0.2) is 4.79 Å². The van der Waals surface area contributed by atoms with E-state index in [4.69, 9.17) is 12.2 Å². The summed E-state index contributed by atoms with van der Waals surface area (Å²) < 4.78 is 2.03. The Morgan fingerprint density at radius 3 is 2.47 bits per heavy atom. The summed E-state index contributed by atoms with van der Waals surface area (Å²) in [6, 6.07) is 22.9. The summed E-state index contributed by atoms with van der Waals surface area (Å²) in [5.41, 5.74) is 6.19. The molecule has 1 aliphatic rings. The number of benzene rings is 2. The largest absolute Gasteiger partial charge is 0.478 e. The molecular weight excluding hydrogens is 444 g/mol. The van der Waals surface area contributed by atoms with E-state index in [0.717, 1.165) is 33.9 Å². The van der Waals surface area contributed by atoms with Crippen molar-refractivity contribution in [3.05, 3.63) is 113 Å². The lowest BCUT2D eigenvalue weighted by Crippen LogP contribution is -2.30. The van der Waals surface area contributed by atoms with Crippen LogP contribution >= 0.6 is 12.2 Å². The Morgan fingerprint density at radius 2 is 1.76 bits per heavy atom. The zero-order chi connectivity index (χ0) is 23.8. The highest BCUT2D eigenvalue weighted by atomic mass is 32.1. The van der Waals surface area contributed by atoms with Gasteiger partial charge in [0.05, 0.1) is 17.3 Å². The van der Waals surface area contributed by atoms with Gasteiger partial charge >= 0.3 is 5.97 Å². The second-order valence-corrected chi connectivity index (χ2v) is 8.89. The van der Waals surface area contributed by atoms with Gasteiger partial charge in [0.15, 0.2) is 5.11 Å². The summed E-state index contributed by atoms with van der Waals surface area (Å²) in [7, 11) is 0. The first kappa shape index (κ1) is 21.9. The normalized spacial score (nSPS) is 17.6. The van der Waals surface area contributed by atoms with Crippen molar-refractivity contribution < 1.29 is 9.90 Å². The van der Waals surface area contributed by atoms with Crippen LogP contribution in [0.15, 0.2) is 85.2 Å². The second kappa shape index (κ2) is 8.76. The number of hydrogen-bond acceptors (Lipinski definition) is 3. The fourth-order valence-electron chi connectivity index (χ4n) is 4.68. The number of anilines is 1. The van der Waals surface area contributed by atoms with Crippen molar-refractivity contribution in [2.75, 3.05) is 4.90 Å². The van der Waals surface area contributed by atoms with Gasteiger partial charge in [-0.1, -0.05) is 18.2 Å². The molecule has 6 nitrogen and oxygen atoms in total. The van der Waals surface area contributed by atoms with Crippen molar-refractivity contribution in [1.29, 1.82) is 0 Å². The van der Waals surface area contributed by atoms with E-state index in [0.29, 0.717) is 5.11 Å². The predicted octanol–water partition coefficient (Wildman–Crippen LogP) is 5.36. The molecule has 7 heteroatoms. The van der Waals surface area contributed by atoms with Crippen LogP contribution in [0.1, 0.15) is 45.0 Å². The number of nitrogens with one attached hydrogen (secondary N) is 1. The number of hydrogen-bond donors (Lipinski definition) is 2. The van der Waals surface area contributed by atoms with Crippen molar-refractivity contribution in [3.63, 3.8) is 0 Å². The van der Waals surface area contributed by atoms with Gasteiger partial charge in [-0.3, -0.25) is 4.98 Å². The summed E-state index contributed by atoms with van der Waals surface area (Å²) in [5.74, 6) is -0.956. The smallest absolute Gasteiger partial charge is 0.335 e. The molecule has 0 bridgehead atoms. The number of aryl methyl sites for hydroxylation is 2. The van der Waals surface area contributed by atoms with Gasteiger partial charge in [0.2, 0.25) is 0 Å². The van der Waals surface area contributed by atoms with Gasteiger partial charge in [0, 0.05) is 29.5 Å². The minimum absolute atomic E-state index is 0.189. The first-order valence-corrected chi connectivity index (χ1v) is 11.4. The SMILES string of the molecule is Cc1cc(C)cc(N2C(=S)N[C@@H](c3ccccn3)[C@H]2c2cccn2-c2cccc(C(=O)O)c2)c1. The zero-order valence-electron chi connectivity index (χ0n) is 18.8. The molecule has 0 aliphatic carbocycles. The van der Waals surface area contributed by atoms with Crippen LogP contribution < -0.4 is 10.2 Å². The maximum Gasteiger partial charge on any atom is 0.335 e. The quantitative estimate of drug-likeness (QED) is 0.384. The van der Waals surface area contributed by atoms with Crippen molar-refractivity contribution in [2.45, 2.75) is 25.9 Å². The van der Waals surface area contributed by atoms with E-state index in [1.807, 2.05) is 41.1 Å². The molecule has 2 N–H and O–H groups in total. The molecule has 4 aromatic rings. The number of carbonyl (C=O) groups is 1. The van der Waals surface area contributed by atoms with Gasteiger partial charge in [-0.05, 0) is 91.8 Å². The van der Waals surface area contributed by atoms with Crippen LogP contribution in [0.4, 0.5) is 5.69 Å². The van der Waals surface area contributed by atoms with Gasteiger partial charge in [-0.15, -0.1) is 0 Å². The fraction of sp³-hybridized carbons (Fsp3) is 0.148. The van der Waals surface area contributed by atoms with E-state index in [1.165, 1.54) is 0 Å². The summed E-state index contributed by atoms with van der Waals surface area (Å²) >= 11 is 5.85. The third-order valence-corrected chi connectivity index (χ3v) is 6.35. The Morgan fingerprint density at radius 1 is 0.971 bits per heavy atom. The fourth-order valence-corrected chi connectivity index (χ4v) is 5.03. The molecule has 5 rings (SSSR count). The van der Waals surface area contributed by atoms with Gasteiger partial charge in [0.1, 0.15) is 6.04 Å². The molecule has 1 saturated heterocycles. The van der Waals surface area contributed by atoms with Crippen LogP contribution in [0, 0.1) is 13.8 Å². The predicted molar refractivity (Wildman–Crippen MR) is 137 cm³/mol. The Hall–Kier alpha value is -3.97. The number of nitrogens with zero attached hydrogens (tertiary/aromatic N) is 3. The molecule has 0 spiro atoms. The van der Waals surface area contributed by atoms with E-state index in [2.05, 4.69) is 53.3 Å². The van der Waals surface area contributed by atoms with E-state index in [9.17, 15) is 9.90 Å². The summed E-state index contributed by atoms with van der Waals surface area (Å²) in [4.78, 5) is 18.4. The molecule has 0 amide bonds. The first-order chi connectivity index (χ1) is 16.4. The zero-order valence-corrected chi connectivity index (χ0v) is 19.7. The number of pyridine rings is 1. The van der Waals surface area contributed by atoms with Crippen molar-refractivity contribution in [3.8, 4) is 5.69 Å². The maximum atomic E-state index is 11.6. The van der Waals surface area contributed by atoms with Crippen molar-refractivity contribution in [2.24, 2.45) is 0 Å². The molecule has 2 aromatic heterocycles. The Balaban J connectivity index is 1.68. The molecule has 0 radical (unpaired) electrons. The average Bonchev–Trinajstić information content (AvgIpc) is 3.43. The van der Waals surface area contributed by atoms with Crippen LogP contribution in [-0.2, 0) is 0 Å². The lowest BCUT2D eigenvalue weighted by Gasteiger charge is -2.29. The molecule has 170 valence electrons. The third kappa shape index (κ3) is 3.95. The van der Waals surface area contributed by atoms with Crippen LogP contribution in [0.3, 0.4) is 0 Å². The van der Waals surface area contributed by atoms with Crippen molar-refractivity contribution >= 4 is 29.0 Å². The molecule has 2 atom stereocenters. The third-order valence-electron chi connectivity index (χ3n) is 6.04. The highest BCUT2D eigenvalue weighted by molar-refractivity contribution is 7.80. The van der Waals surface area contributed by atoms with Crippen molar-refractivity contribution in [1.82, 2.24) is 14.9 Å². The lowest BCUT2D eigenvalue weighted by atomic mass is 10.00. The van der Waals surface area contributed by atoms with E-state index in [-0.39, 0.29) is 17.6 Å². The summed E-state index contributed by atoms with van der Waals surface area (Å²) in [6.07, 6.45) is 3.73. The van der Waals surface area contributed by atoms with Gasteiger partial charge in [0.25, 0.3) is 0 Å². The highest BCUT2D eigenvalue weighted by Crippen LogP contribution is 2.42. The lowest BCUT2D eigenvalue weighted by molar-refractivity contribution is 0.0697. The summed E-state index contributed by atoms with van der Waals surface area (Å²) in [5, 5.41) is 13.6. The number of rotatable bonds is 5. The minimum Gasteiger partial charge on any atom is -0.478 e. The molecule has 0 saturated carbocycles. The Kier molecular flexibility index (Phi) is 5.63. The van der Waals surface area contributed by atoms with Crippen LogP contribution in [0.5, 0.6) is 0 Å². The highest BCUT2D eigenvalue weighted by Gasteiger charge is 2.42. The monoisotopic (exact) mass is 468 g/mol. The number of carboxylic acids is 1. The molecule has 2 aromatic carbocycles. The average molecular weight is 469 g/mol. The molecule has 1 fully saturated rings. The van der Waals surface area contributed by atoms with Crippen LogP contribution in [-0.4, -0.2) is 25.7 Å². The number of aromatic carboxylic acids is 1. The summed E-state index contributed by atoms with van der Waals surface area (Å²) in [6.45, 7) is 4.16. The topological polar surface area (TPSA) is 70.4 Å². The van der Waals surface area contributed by atoms with E-state index < -0.39 is 5.97 Å².